The lowest BCUT2D eigenvalue weighted by Crippen LogP contribution is -2.42. The van der Waals surface area contributed by atoms with Crippen molar-refractivity contribution in [3.05, 3.63) is 29.8 Å². The third-order valence-corrected chi connectivity index (χ3v) is 4.93. The number of aliphatic carboxylic acids is 3. The molecule has 1 aliphatic rings. The van der Waals surface area contributed by atoms with Crippen molar-refractivity contribution in [3.63, 3.8) is 0 Å². The van der Waals surface area contributed by atoms with E-state index in [1.165, 1.54) is 0 Å². The number of carboxylic acids is 3. The van der Waals surface area contributed by atoms with E-state index in [9.17, 15) is 19.5 Å². The van der Waals surface area contributed by atoms with Crippen molar-refractivity contribution < 1.29 is 29.7 Å². The molecular formula is C19H24N4O6S. The van der Waals surface area contributed by atoms with Crippen LogP contribution in [0.25, 0.3) is 0 Å². The number of carboxylic acid groups (broad SMARTS) is 3. The lowest BCUT2D eigenvalue weighted by molar-refractivity contribution is -0.144. The zero-order valence-corrected chi connectivity index (χ0v) is 17.1. The molecule has 10 nitrogen and oxygen atoms in total. The Bertz CT molecular complexity index is 784. The van der Waals surface area contributed by atoms with E-state index < -0.39 is 23.9 Å². The number of carbonyl (C=O) groups is 3. The van der Waals surface area contributed by atoms with Crippen molar-refractivity contribution in [2.24, 2.45) is 4.99 Å². The predicted molar refractivity (Wildman–Crippen MR) is 111 cm³/mol. The molecule has 162 valence electrons. The Hall–Kier alpha value is -2.69. The van der Waals surface area contributed by atoms with Crippen LogP contribution < -0.4 is 0 Å². The monoisotopic (exact) mass is 436 g/mol. The Morgan fingerprint density at radius 1 is 0.900 bits per heavy atom. The van der Waals surface area contributed by atoms with Gasteiger partial charge in [0.05, 0.1) is 23.9 Å². The van der Waals surface area contributed by atoms with Gasteiger partial charge in [-0.15, -0.1) is 0 Å². The molecule has 1 aromatic carbocycles. The van der Waals surface area contributed by atoms with Crippen molar-refractivity contribution in [1.29, 1.82) is 0 Å². The average Bonchev–Trinajstić information content (AvgIpc) is 2.75. The summed E-state index contributed by atoms with van der Waals surface area (Å²) in [5.74, 6) is -3.03. The molecule has 11 heteroatoms. The molecule has 1 heterocycles. The van der Waals surface area contributed by atoms with Crippen molar-refractivity contribution in [1.82, 2.24) is 14.7 Å². The third-order valence-electron chi connectivity index (χ3n) is 4.84. The third kappa shape index (κ3) is 7.29. The molecule has 0 saturated carbocycles. The summed E-state index contributed by atoms with van der Waals surface area (Å²) in [5, 5.41) is 30.4. The molecular weight excluding hydrogens is 412 g/mol. The number of isothiocyanates is 1. The fourth-order valence-electron chi connectivity index (χ4n) is 3.41. The van der Waals surface area contributed by atoms with Crippen LogP contribution in [0.4, 0.5) is 5.69 Å². The molecule has 30 heavy (non-hydrogen) atoms. The SMILES string of the molecule is O=C(O)CN1CCN(CC(=O)O)CCN(C(C(=O)O)c2ccc(N=C=S)cc2)CC1. The van der Waals surface area contributed by atoms with Crippen LogP contribution in [0.5, 0.6) is 0 Å². The van der Waals surface area contributed by atoms with E-state index in [4.69, 9.17) is 10.2 Å². The van der Waals surface area contributed by atoms with Gasteiger partial charge in [0, 0.05) is 39.3 Å². The Balaban J connectivity index is 2.27. The highest BCUT2D eigenvalue weighted by atomic mass is 32.1. The molecule has 1 saturated heterocycles. The molecule has 0 aromatic heterocycles. The van der Waals surface area contributed by atoms with Crippen LogP contribution in [0.3, 0.4) is 0 Å². The smallest absolute Gasteiger partial charge is 0.325 e. The van der Waals surface area contributed by atoms with Crippen LogP contribution in [-0.2, 0) is 14.4 Å². The van der Waals surface area contributed by atoms with Gasteiger partial charge in [-0.25, -0.2) is 0 Å². The minimum atomic E-state index is -1.05. The first-order valence-corrected chi connectivity index (χ1v) is 9.74. The summed E-state index contributed by atoms with van der Waals surface area (Å²) >= 11 is 4.57. The lowest BCUT2D eigenvalue weighted by Gasteiger charge is -2.30. The second-order valence-electron chi connectivity index (χ2n) is 6.91. The van der Waals surface area contributed by atoms with E-state index in [0.29, 0.717) is 50.5 Å². The van der Waals surface area contributed by atoms with E-state index in [0.717, 1.165) is 0 Å². The summed E-state index contributed by atoms with van der Waals surface area (Å²) in [6.07, 6.45) is 0. The normalized spacial score (nSPS) is 17.7. The predicted octanol–water partition coefficient (Wildman–Crippen LogP) is 0.635. The van der Waals surface area contributed by atoms with Gasteiger partial charge < -0.3 is 15.3 Å². The van der Waals surface area contributed by atoms with Crippen LogP contribution in [0.1, 0.15) is 11.6 Å². The molecule has 0 spiro atoms. The van der Waals surface area contributed by atoms with Gasteiger partial charge in [0.25, 0.3) is 0 Å². The minimum absolute atomic E-state index is 0.198. The largest absolute Gasteiger partial charge is 0.480 e. The molecule has 0 bridgehead atoms. The number of thiocarbonyl (C=S) groups is 1. The fourth-order valence-corrected chi connectivity index (χ4v) is 3.51. The molecule has 2 rings (SSSR count). The molecule has 1 aromatic rings. The lowest BCUT2D eigenvalue weighted by atomic mass is 10.0. The molecule has 1 fully saturated rings. The fraction of sp³-hybridized carbons (Fsp3) is 0.474. The molecule has 1 aliphatic heterocycles. The average molecular weight is 436 g/mol. The molecule has 1 unspecified atom stereocenters. The second-order valence-corrected chi connectivity index (χ2v) is 7.09. The van der Waals surface area contributed by atoms with Crippen LogP contribution in [0.2, 0.25) is 0 Å². The van der Waals surface area contributed by atoms with E-state index in [2.05, 4.69) is 22.4 Å². The maximum Gasteiger partial charge on any atom is 0.325 e. The zero-order valence-electron chi connectivity index (χ0n) is 16.3. The van der Waals surface area contributed by atoms with E-state index in [1.54, 1.807) is 39.0 Å². The molecule has 3 N–H and O–H groups in total. The van der Waals surface area contributed by atoms with E-state index in [1.807, 2.05) is 0 Å². The number of nitrogens with zero attached hydrogens (tertiary/aromatic N) is 4. The molecule has 0 aliphatic carbocycles. The molecule has 0 amide bonds. The van der Waals surface area contributed by atoms with Crippen molar-refractivity contribution in [2.45, 2.75) is 6.04 Å². The number of benzene rings is 1. The summed E-state index contributed by atoms with van der Waals surface area (Å²) in [5.41, 5.74) is 1.10. The molecule has 1 atom stereocenters. The van der Waals surface area contributed by atoms with Gasteiger partial charge >= 0.3 is 17.9 Å². The van der Waals surface area contributed by atoms with E-state index >= 15 is 0 Å². The first kappa shape index (κ1) is 23.6. The van der Waals surface area contributed by atoms with Crippen LogP contribution in [0, 0.1) is 0 Å². The Kier molecular flexibility index (Phi) is 9.03. The first-order valence-electron chi connectivity index (χ1n) is 9.33. The minimum Gasteiger partial charge on any atom is -0.480 e. The Labute approximate surface area is 179 Å². The van der Waals surface area contributed by atoms with Crippen LogP contribution >= 0.6 is 12.2 Å². The van der Waals surface area contributed by atoms with Crippen molar-refractivity contribution in [3.8, 4) is 0 Å². The van der Waals surface area contributed by atoms with Gasteiger partial charge in [-0.2, -0.15) is 4.99 Å². The van der Waals surface area contributed by atoms with Crippen LogP contribution in [0.15, 0.2) is 29.3 Å². The number of rotatable bonds is 8. The van der Waals surface area contributed by atoms with Gasteiger partial charge in [-0.3, -0.25) is 29.1 Å². The molecule has 0 radical (unpaired) electrons. The second kappa shape index (κ2) is 11.5. The Morgan fingerprint density at radius 2 is 1.37 bits per heavy atom. The topological polar surface area (TPSA) is 134 Å². The summed E-state index contributed by atoms with van der Waals surface area (Å²) in [4.78, 5) is 43.4. The number of hydrogen-bond acceptors (Lipinski definition) is 8. The van der Waals surface area contributed by atoms with Gasteiger partial charge in [-0.05, 0) is 29.9 Å². The van der Waals surface area contributed by atoms with Gasteiger partial charge in [0.15, 0.2) is 0 Å². The van der Waals surface area contributed by atoms with Crippen LogP contribution in [-0.4, -0.2) is 105 Å². The van der Waals surface area contributed by atoms with Crippen molar-refractivity contribution in [2.75, 3.05) is 52.4 Å². The number of hydrogen-bond donors (Lipinski definition) is 3. The first-order chi connectivity index (χ1) is 14.3. The van der Waals surface area contributed by atoms with E-state index in [-0.39, 0.29) is 13.1 Å². The van der Waals surface area contributed by atoms with Gasteiger partial charge in [0.2, 0.25) is 0 Å². The number of aliphatic imine (C=N–C) groups is 1. The maximum absolute atomic E-state index is 12.1. The highest BCUT2D eigenvalue weighted by Crippen LogP contribution is 2.24. The summed E-state index contributed by atoms with van der Waals surface area (Å²) in [6.45, 7) is 1.73. The highest BCUT2D eigenvalue weighted by molar-refractivity contribution is 7.78. The Morgan fingerprint density at radius 3 is 1.77 bits per heavy atom. The van der Waals surface area contributed by atoms with Gasteiger partial charge in [0.1, 0.15) is 6.04 Å². The highest BCUT2D eigenvalue weighted by Gasteiger charge is 2.29. The summed E-state index contributed by atoms with van der Waals surface area (Å²) in [7, 11) is 0. The standard InChI is InChI=1S/C19H24N4O6S/c24-16(25)11-21-5-6-22(12-17(26)27)8-10-23(9-7-21)18(19(28)29)14-1-3-15(4-2-14)20-13-30/h1-4,18H,5-12H2,(H,24,25)(H,26,27)(H,28,29). The quantitative estimate of drug-likeness (QED) is 0.393. The maximum atomic E-state index is 12.1. The summed E-state index contributed by atoms with van der Waals surface area (Å²) in [6, 6.07) is 5.64. The van der Waals surface area contributed by atoms with Crippen molar-refractivity contribution >= 4 is 41.0 Å². The summed E-state index contributed by atoms with van der Waals surface area (Å²) < 4.78 is 0. The zero-order chi connectivity index (χ0) is 22.1. The van der Waals surface area contributed by atoms with Gasteiger partial charge in [-0.1, -0.05) is 12.1 Å².